The lowest BCUT2D eigenvalue weighted by Crippen LogP contribution is -2.31. The molecule has 0 unspecified atom stereocenters. The maximum atomic E-state index is 13.8. The van der Waals surface area contributed by atoms with E-state index in [0.29, 0.717) is 11.1 Å². The lowest BCUT2D eigenvalue weighted by Gasteiger charge is -2.22. The van der Waals surface area contributed by atoms with Gasteiger partial charge in [-0.2, -0.15) is 0 Å². The van der Waals surface area contributed by atoms with Crippen molar-refractivity contribution in [2.45, 2.75) is 57.8 Å². The second-order valence-corrected chi connectivity index (χ2v) is 12.1. The van der Waals surface area contributed by atoms with E-state index in [1.807, 2.05) is 0 Å². The van der Waals surface area contributed by atoms with Crippen LogP contribution < -0.4 is 4.74 Å². The maximum Gasteiger partial charge on any atom is 0.345 e. The first kappa shape index (κ1) is 43.3. The Morgan fingerprint density at radius 1 is 0.857 bits per heavy atom. The van der Waals surface area contributed by atoms with Crippen LogP contribution in [0.25, 0.3) is 6.08 Å². The second kappa shape index (κ2) is 19.8. The number of esters is 2. The number of fused-ring (bicyclic) bond motifs is 1. The minimum atomic E-state index is -1.69. The topological polar surface area (TPSA) is 278 Å². The molecule has 1 aliphatic rings. The molecule has 0 saturated carbocycles. The Morgan fingerprint density at radius 3 is 2.02 bits per heavy atom. The third-order valence-corrected chi connectivity index (χ3v) is 8.19. The summed E-state index contributed by atoms with van der Waals surface area (Å²) < 4.78 is 16.5. The fourth-order valence-corrected chi connectivity index (χ4v) is 5.26. The number of phenols is 5. The summed E-state index contributed by atoms with van der Waals surface area (Å²) in [6.07, 6.45) is -0.571. The van der Waals surface area contributed by atoms with Crippen LogP contribution in [0.3, 0.4) is 0 Å². The van der Waals surface area contributed by atoms with Gasteiger partial charge in [0.05, 0.1) is 18.4 Å². The van der Waals surface area contributed by atoms with Crippen LogP contribution in [0.15, 0.2) is 78.1 Å². The number of carboxylic acids is 2. The van der Waals surface area contributed by atoms with Crippen molar-refractivity contribution >= 4 is 30.0 Å². The molecular weight excluding hydrogens is 736 g/mol. The lowest BCUT2D eigenvalue weighted by molar-refractivity contribution is -0.166. The van der Waals surface area contributed by atoms with Crippen molar-refractivity contribution < 1.29 is 79.3 Å². The van der Waals surface area contributed by atoms with Gasteiger partial charge in [0.25, 0.3) is 0 Å². The second-order valence-electron chi connectivity index (χ2n) is 12.1. The molecule has 0 fully saturated rings. The minimum Gasteiger partial charge on any atom is -0.515 e. The number of aromatic hydroxyl groups is 5. The lowest BCUT2D eigenvalue weighted by atomic mass is 9.87. The molecule has 0 saturated heterocycles. The van der Waals surface area contributed by atoms with Crippen LogP contribution in [0, 0.1) is 11.8 Å². The predicted molar refractivity (Wildman–Crippen MR) is 197 cm³/mol. The third-order valence-electron chi connectivity index (χ3n) is 8.19. The Morgan fingerprint density at radius 2 is 1.48 bits per heavy atom. The van der Waals surface area contributed by atoms with E-state index in [-0.39, 0.29) is 47.5 Å². The van der Waals surface area contributed by atoms with E-state index in [1.54, 1.807) is 26.8 Å². The molecule has 296 valence electrons. The zero-order valence-corrected chi connectivity index (χ0v) is 30.2. The summed E-state index contributed by atoms with van der Waals surface area (Å²) in [5, 5.41) is 85.8. The molecule has 4 atom stereocenters. The quantitative estimate of drug-likeness (QED) is 0.0289. The van der Waals surface area contributed by atoms with Crippen molar-refractivity contribution in [2.75, 3.05) is 6.61 Å². The van der Waals surface area contributed by atoms with Crippen LogP contribution in [0.1, 0.15) is 61.5 Å². The molecule has 3 aromatic rings. The molecule has 0 radical (unpaired) electrons. The SMILES string of the molecule is C/C=C(\C)C[C@@H](OC(=O)[C@H]1c2c(/C=C/C(=O)O[C@H](Cc3ccc(O)c(O)c3)C(=O)O)ccc(O)c2O[C@@H]1c1ccc(O)c(O)c1)C(=O)O.CC#C/C(=C/O)CO. The number of aliphatic carboxylic acids is 2. The van der Waals surface area contributed by atoms with Gasteiger partial charge in [0.15, 0.2) is 34.5 Å². The highest BCUT2D eigenvalue weighted by Gasteiger charge is 2.46. The Hall–Kier alpha value is -7.12. The minimum absolute atomic E-state index is 0.0112. The van der Waals surface area contributed by atoms with Gasteiger partial charge in [-0.15, -0.1) is 5.92 Å². The molecule has 56 heavy (non-hydrogen) atoms. The molecule has 16 nitrogen and oxygen atoms in total. The van der Waals surface area contributed by atoms with Gasteiger partial charge in [-0.25, -0.2) is 14.4 Å². The van der Waals surface area contributed by atoms with Crippen LogP contribution in [0.2, 0.25) is 0 Å². The van der Waals surface area contributed by atoms with E-state index >= 15 is 0 Å². The van der Waals surface area contributed by atoms with E-state index in [4.69, 9.17) is 24.4 Å². The molecule has 16 heteroatoms. The monoisotopic (exact) mass is 776 g/mol. The predicted octanol–water partition coefficient (Wildman–Crippen LogP) is 4.48. The number of allylic oxidation sites excluding steroid dienone is 1. The van der Waals surface area contributed by atoms with E-state index < -0.39 is 76.9 Å². The zero-order valence-electron chi connectivity index (χ0n) is 30.2. The molecule has 0 bridgehead atoms. The van der Waals surface area contributed by atoms with Gasteiger partial charge < -0.3 is 60.2 Å². The summed E-state index contributed by atoms with van der Waals surface area (Å²) in [6.45, 7) is 4.79. The van der Waals surface area contributed by atoms with E-state index in [1.165, 1.54) is 30.3 Å². The number of aliphatic hydroxyl groups excluding tert-OH is 2. The zero-order chi connectivity index (χ0) is 41.7. The number of hydrogen-bond donors (Lipinski definition) is 9. The summed E-state index contributed by atoms with van der Waals surface area (Å²) in [6, 6.07) is 9.74. The van der Waals surface area contributed by atoms with E-state index in [0.717, 1.165) is 36.6 Å². The smallest absolute Gasteiger partial charge is 0.345 e. The Kier molecular flexibility index (Phi) is 15.3. The molecule has 4 rings (SSSR count). The molecule has 0 amide bonds. The summed E-state index contributed by atoms with van der Waals surface area (Å²) in [7, 11) is 0. The Bertz CT molecular complexity index is 2100. The molecule has 0 spiro atoms. The summed E-state index contributed by atoms with van der Waals surface area (Å²) >= 11 is 0. The van der Waals surface area contributed by atoms with E-state index in [9.17, 15) is 54.9 Å². The van der Waals surface area contributed by atoms with Crippen LogP contribution in [-0.2, 0) is 35.1 Å². The Balaban J connectivity index is 0.000000946. The third kappa shape index (κ3) is 11.2. The van der Waals surface area contributed by atoms with Crippen LogP contribution in [0.5, 0.6) is 34.5 Å². The first-order valence-electron chi connectivity index (χ1n) is 16.6. The number of carbonyl (C=O) groups is 4. The van der Waals surface area contributed by atoms with Crippen molar-refractivity contribution in [1.29, 1.82) is 0 Å². The van der Waals surface area contributed by atoms with Gasteiger partial charge in [-0.05, 0) is 73.9 Å². The standard InChI is InChI=1S/C34H32O14.C6H8O2/c1-3-16(2)12-25(32(41)42)47-34(45)29-28-18(5-10-22(37)31(28)48-30(29)19-6-9-21(36)24(39)15-19)7-11-27(40)46-26(33(43)44)14-17-4-8-20(35)23(38)13-17;1-2-3-6(4-7)5-8/h3-11,13,15,25-26,29-30,35-39H,12,14H2,1-2H3,(H,41,42)(H,43,44);4,7-8H,5H2,1H3/b11-7+,16-3+;6-4-/t25-,26-,29+,30-;/m1./s1. The van der Waals surface area contributed by atoms with Crippen LogP contribution in [-0.4, -0.2) is 88.7 Å². The molecule has 1 aliphatic heterocycles. The number of aliphatic hydroxyl groups is 2. The number of ether oxygens (including phenoxy) is 3. The first-order valence-corrected chi connectivity index (χ1v) is 16.6. The summed E-state index contributed by atoms with van der Waals surface area (Å²) in [5.74, 6) is -4.10. The van der Waals surface area contributed by atoms with Crippen molar-refractivity contribution in [3.05, 3.63) is 100 Å². The average Bonchev–Trinajstić information content (AvgIpc) is 3.57. The van der Waals surface area contributed by atoms with Gasteiger partial charge >= 0.3 is 23.9 Å². The van der Waals surface area contributed by atoms with Gasteiger partial charge in [0.2, 0.25) is 12.2 Å². The molecule has 3 aromatic carbocycles. The van der Waals surface area contributed by atoms with Crippen molar-refractivity contribution in [3.8, 4) is 46.3 Å². The number of benzene rings is 3. The number of phenolic OH excluding ortho intramolecular Hbond substituents is 5. The highest BCUT2D eigenvalue weighted by atomic mass is 16.6. The van der Waals surface area contributed by atoms with Crippen LogP contribution in [0.4, 0.5) is 0 Å². The van der Waals surface area contributed by atoms with Crippen LogP contribution >= 0.6 is 0 Å². The van der Waals surface area contributed by atoms with Crippen molar-refractivity contribution in [1.82, 2.24) is 0 Å². The number of hydrogen-bond acceptors (Lipinski definition) is 14. The van der Waals surface area contributed by atoms with Crippen molar-refractivity contribution in [2.24, 2.45) is 0 Å². The molecule has 0 aromatic heterocycles. The number of carboxylic acid groups (broad SMARTS) is 2. The molecule has 1 heterocycles. The highest BCUT2D eigenvalue weighted by molar-refractivity contribution is 5.92. The Labute approximate surface area is 320 Å². The number of carbonyl (C=O) groups excluding carboxylic acids is 2. The number of rotatable bonds is 13. The maximum absolute atomic E-state index is 13.8. The summed E-state index contributed by atoms with van der Waals surface area (Å²) in [4.78, 5) is 50.4. The van der Waals surface area contributed by atoms with Gasteiger partial charge in [-0.3, -0.25) is 4.79 Å². The molecular formula is C40H40O16. The highest BCUT2D eigenvalue weighted by Crippen LogP contribution is 2.53. The van der Waals surface area contributed by atoms with Gasteiger partial charge in [-0.1, -0.05) is 35.8 Å². The first-order chi connectivity index (χ1) is 26.5. The fraction of sp³-hybridized carbons (Fsp3) is 0.250. The normalized spacial score (nSPS) is 15.9. The summed E-state index contributed by atoms with van der Waals surface area (Å²) in [5.41, 5.74) is 1.47. The molecule has 9 N–H and O–H groups in total. The fourth-order valence-electron chi connectivity index (χ4n) is 5.26. The average molecular weight is 777 g/mol. The molecule has 0 aliphatic carbocycles. The largest absolute Gasteiger partial charge is 0.515 e. The van der Waals surface area contributed by atoms with Gasteiger partial charge in [0, 0.05) is 24.5 Å². The van der Waals surface area contributed by atoms with Gasteiger partial charge in [0.1, 0.15) is 12.0 Å². The van der Waals surface area contributed by atoms with E-state index in [2.05, 4.69) is 11.8 Å². The van der Waals surface area contributed by atoms with Crippen molar-refractivity contribution in [3.63, 3.8) is 0 Å².